The highest BCUT2D eigenvalue weighted by Crippen LogP contribution is 1.97. The van der Waals surface area contributed by atoms with E-state index in [9.17, 15) is 0 Å². The van der Waals surface area contributed by atoms with Crippen molar-refractivity contribution >= 4 is 23.9 Å². The van der Waals surface area contributed by atoms with Crippen LogP contribution in [0.4, 0.5) is 0 Å². The lowest BCUT2D eigenvalue weighted by Crippen LogP contribution is -1.91. The molecule has 1 heterocycles. The van der Waals surface area contributed by atoms with Gasteiger partial charge in [-0.1, -0.05) is 4.49 Å². The third kappa shape index (κ3) is 1.73. The van der Waals surface area contributed by atoms with Gasteiger partial charge in [-0.05, 0) is 11.5 Å². The van der Waals surface area contributed by atoms with Gasteiger partial charge >= 0.3 is 0 Å². The van der Waals surface area contributed by atoms with Crippen LogP contribution >= 0.6 is 23.9 Å². The Bertz CT molecular complexity index is 129. The van der Waals surface area contributed by atoms with Gasteiger partial charge in [0, 0.05) is 6.54 Å². The minimum Gasteiger partial charge on any atom is -0.326 e. The Hall–Kier alpha value is -0.190. The first-order chi connectivity index (χ1) is 3.43. The van der Waals surface area contributed by atoms with E-state index in [0.29, 0.717) is 6.54 Å². The number of rotatable bonds is 1. The van der Waals surface area contributed by atoms with Crippen LogP contribution in [0.3, 0.4) is 0 Å². The van der Waals surface area contributed by atoms with E-state index in [-0.39, 0.29) is 12.4 Å². The monoisotopic (exact) mass is 151 g/mol. The molecule has 2 N–H and O–H groups in total. The maximum absolute atomic E-state index is 5.22. The fraction of sp³-hybridized carbons (Fsp3) is 0.333. The van der Waals surface area contributed by atoms with Gasteiger partial charge in [-0.15, -0.1) is 17.5 Å². The third-order valence-electron chi connectivity index (χ3n) is 0.608. The Labute approximate surface area is 57.5 Å². The summed E-state index contributed by atoms with van der Waals surface area (Å²) in [5.41, 5.74) is 5.22. The maximum Gasteiger partial charge on any atom is 0.0666 e. The molecule has 0 bridgehead atoms. The molecule has 0 saturated heterocycles. The Morgan fingerprint density at radius 3 is 2.75 bits per heavy atom. The molecule has 3 nitrogen and oxygen atoms in total. The largest absolute Gasteiger partial charge is 0.326 e. The van der Waals surface area contributed by atoms with Gasteiger partial charge in [0.15, 0.2) is 0 Å². The molecule has 0 aliphatic carbocycles. The van der Waals surface area contributed by atoms with Crippen LogP contribution in [-0.4, -0.2) is 9.59 Å². The first-order valence-corrected chi connectivity index (χ1v) is 2.67. The van der Waals surface area contributed by atoms with E-state index in [1.54, 1.807) is 6.20 Å². The van der Waals surface area contributed by atoms with Crippen LogP contribution < -0.4 is 5.73 Å². The van der Waals surface area contributed by atoms with Crippen molar-refractivity contribution in [2.75, 3.05) is 0 Å². The highest BCUT2D eigenvalue weighted by atomic mass is 35.5. The van der Waals surface area contributed by atoms with Crippen molar-refractivity contribution in [1.29, 1.82) is 0 Å². The quantitative estimate of drug-likeness (QED) is 0.633. The molecule has 0 fully saturated rings. The fourth-order valence-electron chi connectivity index (χ4n) is 0.278. The van der Waals surface area contributed by atoms with Crippen LogP contribution in [0.25, 0.3) is 0 Å². The summed E-state index contributed by atoms with van der Waals surface area (Å²) in [5, 5.41) is 3.58. The van der Waals surface area contributed by atoms with Gasteiger partial charge < -0.3 is 5.73 Å². The van der Waals surface area contributed by atoms with Crippen molar-refractivity contribution in [2.24, 2.45) is 5.73 Å². The van der Waals surface area contributed by atoms with E-state index in [2.05, 4.69) is 9.59 Å². The molecule has 0 radical (unpaired) electrons. The summed E-state index contributed by atoms with van der Waals surface area (Å²) in [7, 11) is 0. The van der Waals surface area contributed by atoms with Gasteiger partial charge in [0.05, 0.1) is 11.1 Å². The highest BCUT2D eigenvalue weighted by molar-refractivity contribution is 7.05. The number of aromatic nitrogens is 2. The van der Waals surface area contributed by atoms with Crippen LogP contribution in [-0.2, 0) is 6.54 Å². The van der Waals surface area contributed by atoms with E-state index in [1.807, 2.05) is 0 Å². The molecule has 5 heteroatoms. The summed E-state index contributed by atoms with van der Waals surface area (Å²) in [4.78, 5) is 1.03. The number of hydrogen-bond acceptors (Lipinski definition) is 4. The lowest BCUT2D eigenvalue weighted by Gasteiger charge is -1.75. The number of halogens is 1. The average Bonchev–Trinajstić information content (AvgIpc) is 2.14. The molecular weight excluding hydrogens is 146 g/mol. The molecule has 0 spiro atoms. The van der Waals surface area contributed by atoms with Gasteiger partial charge in [0.2, 0.25) is 0 Å². The first-order valence-electron chi connectivity index (χ1n) is 1.90. The lowest BCUT2D eigenvalue weighted by atomic mass is 10.6. The second kappa shape index (κ2) is 3.77. The molecule has 0 aliphatic heterocycles. The summed E-state index contributed by atoms with van der Waals surface area (Å²) in [6, 6.07) is 0. The standard InChI is InChI=1S/C3H5N3S.ClH/c4-1-3-2-5-6-7-3;/h2H,1,4H2;1H. The molecule has 0 aliphatic rings. The number of hydrogen-bond donors (Lipinski definition) is 1. The van der Waals surface area contributed by atoms with Gasteiger partial charge in [0.1, 0.15) is 0 Å². The van der Waals surface area contributed by atoms with Crippen molar-refractivity contribution in [3.8, 4) is 0 Å². The molecule has 0 atom stereocenters. The van der Waals surface area contributed by atoms with Crippen molar-refractivity contribution in [3.05, 3.63) is 11.1 Å². The zero-order chi connectivity index (χ0) is 5.11. The predicted molar refractivity (Wildman–Crippen MR) is 35.0 cm³/mol. The van der Waals surface area contributed by atoms with Gasteiger partial charge in [0.25, 0.3) is 0 Å². The molecular formula is C3H6ClN3S. The van der Waals surface area contributed by atoms with E-state index in [1.165, 1.54) is 11.5 Å². The minimum atomic E-state index is 0. The third-order valence-corrected chi connectivity index (χ3v) is 1.29. The summed E-state index contributed by atoms with van der Waals surface area (Å²) < 4.78 is 3.60. The van der Waals surface area contributed by atoms with E-state index < -0.39 is 0 Å². The zero-order valence-corrected chi connectivity index (χ0v) is 5.71. The second-order valence-corrected chi connectivity index (χ2v) is 1.96. The Morgan fingerprint density at radius 1 is 1.75 bits per heavy atom. The lowest BCUT2D eigenvalue weighted by molar-refractivity contribution is 1.08. The maximum atomic E-state index is 5.22. The van der Waals surface area contributed by atoms with Gasteiger partial charge in [-0.2, -0.15) is 0 Å². The van der Waals surface area contributed by atoms with Crippen LogP contribution in [0, 0.1) is 0 Å². The van der Waals surface area contributed by atoms with E-state index >= 15 is 0 Å². The van der Waals surface area contributed by atoms with E-state index in [0.717, 1.165) is 4.88 Å². The normalized spacial score (nSPS) is 8.12. The van der Waals surface area contributed by atoms with Crippen LogP contribution in [0.15, 0.2) is 6.20 Å². The van der Waals surface area contributed by atoms with Crippen molar-refractivity contribution < 1.29 is 0 Å². The van der Waals surface area contributed by atoms with Gasteiger partial charge in [-0.25, -0.2) is 0 Å². The molecule has 0 aromatic carbocycles. The van der Waals surface area contributed by atoms with Crippen molar-refractivity contribution in [3.63, 3.8) is 0 Å². The first kappa shape index (κ1) is 7.81. The molecule has 8 heavy (non-hydrogen) atoms. The Kier molecular flexibility index (Phi) is 3.68. The Morgan fingerprint density at radius 2 is 2.50 bits per heavy atom. The summed E-state index contributed by atoms with van der Waals surface area (Å²) in [6.07, 6.45) is 1.67. The number of nitrogens with two attached hydrogens (primary N) is 1. The SMILES string of the molecule is Cl.NCc1cnns1. The van der Waals surface area contributed by atoms with Gasteiger partial charge in [-0.3, -0.25) is 0 Å². The summed E-state index contributed by atoms with van der Waals surface area (Å²) in [5.74, 6) is 0. The summed E-state index contributed by atoms with van der Waals surface area (Å²) in [6.45, 7) is 0.553. The number of nitrogens with zero attached hydrogens (tertiary/aromatic N) is 2. The molecule has 1 aromatic rings. The van der Waals surface area contributed by atoms with Crippen LogP contribution in [0.5, 0.6) is 0 Å². The molecule has 0 amide bonds. The Balaban J connectivity index is 0.000000490. The fourth-order valence-corrected chi connectivity index (χ4v) is 0.645. The van der Waals surface area contributed by atoms with Crippen molar-refractivity contribution in [2.45, 2.75) is 6.54 Å². The van der Waals surface area contributed by atoms with Crippen LogP contribution in [0.1, 0.15) is 4.88 Å². The molecule has 0 unspecified atom stereocenters. The van der Waals surface area contributed by atoms with E-state index in [4.69, 9.17) is 5.73 Å². The second-order valence-electron chi connectivity index (χ2n) is 1.09. The molecule has 1 rings (SSSR count). The van der Waals surface area contributed by atoms with Crippen molar-refractivity contribution in [1.82, 2.24) is 9.59 Å². The smallest absolute Gasteiger partial charge is 0.0666 e. The molecule has 46 valence electrons. The molecule has 0 saturated carbocycles. The molecule has 1 aromatic heterocycles. The highest BCUT2D eigenvalue weighted by Gasteiger charge is 1.86. The average molecular weight is 152 g/mol. The van der Waals surface area contributed by atoms with Crippen LogP contribution in [0.2, 0.25) is 0 Å². The predicted octanol–water partition coefficient (Wildman–Crippen LogP) is 0.419. The zero-order valence-electron chi connectivity index (χ0n) is 4.07. The topological polar surface area (TPSA) is 51.8 Å². The summed E-state index contributed by atoms with van der Waals surface area (Å²) >= 11 is 1.34. The minimum absolute atomic E-state index is 0.